The summed E-state index contributed by atoms with van der Waals surface area (Å²) in [4.78, 5) is 12.7. The average molecular weight is 449 g/mol. The van der Waals surface area contributed by atoms with Crippen LogP contribution in [0, 0.1) is 13.8 Å². The van der Waals surface area contributed by atoms with E-state index in [0.717, 1.165) is 11.1 Å². The predicted octanol–water partition coefficient (Wildman–Crippen LogP) is 6.04. The van der Waals surface area contributed by atoms with E-state index in [2.05, 4.69) is 0 Å². The Balaban J connectivity index is 2.53. The standard InChI is InChI=1S/C22H22F7NO/c1-4-14-9-17(20(23,21(24,25)26)22(27,28)29)8-13(3)18(14)10-19(31)15-5-6-16(11-30)12(2)7-15/h5-9H,4,10-11,30H2,1-3H3. The summed E-state index contributed by atoms with van der Waals surface area (Å²) in [5, 5.41) is 0. The smallest absolute Gasteiger partial charge is 0.326 e. The first kappa shape index (κ1) is 24.8. The van der Waals surface area contributed by atoms with Gasteiger partial charge in [0.05, 0.1) is 0 Å². The molecule has 0 bridgehead atoms. The fourth-order valence-corrected chi connectivity index (χ4v) is 3.51. The lowest BCUT2D eigenvalue weighted by Crippen LogP contribution is -2.50. The van der Waals surface area contributed by atoms with Gasteiger partial charge in [0.25, 0.3) is 0 Å². The van der Waals surface area contributed by atoms with Gasteiger partial charge in [0, 0.05) is 24.1 Å². The molecule has 0 saturated heterocycles. The Labute approximate surface area is 175 Å². The summed E-state index contributed by atoms with van der Waals surface area (Å²) >= 11 is 0. The topological polar surface area (TPSA) is 43.1 Å². The van der Waals surface area contributed by atoms with Gasteiger partial charge in [-0.3, -0.25) is 4.79 Å². The second-order valence-corrected chi connectivity index (χ2v) is 7.38. The van der Waals surface area contributed by atoms with E-state index in [-0.39, 0.29) is 41.9 Å². The minimum atomic E-state index is -6.19. The highest BCUT2D eigenvalue weighted by Crippen LogP contribution is 2.53. The highest BCUT2D eigenvalue weighted by Gasteiger charge is 2.73. The number of carbonyl (C=O) groups excluding carboxylic acids is 1. The van der Waals surface area contributed by atoms with E-state index in [1.807, 2.05) is 0 Å². The van der Waals surface area contributed by atoms with Crippen LogP contribution < -0.4 is 5.73 Å². The summed E-state index contributed by atoms with van der Waals surface area (Å²) in [7, 11) is 0. The van der Waals surface area contributed by atoms with Crippen molar-refractivity contribution in [1.82, 2.24) is 0 Å². The average Bonchev–Trinajstić information content (AvgIpc) is 2.66. The fourth-order valence-electron chi connectivity index (χ4n) is 3.51. The lowest BCUT2D eigenvalue weighted by Gasteiger charge is -2.31. The Morgan fingerprint density at radius 2 is 1.45 bits per heavy atom. The Hall–Kier alpha value is -2.42. The van der Waals surface area contributed by atoms with Crippen molar-refractivity contribution in [3.63, 3.8) is 0 Å². The van der Waals surface area contributed by atoms with Gasteiger partial charge >= 0.3 is 18.0 Å². The predicted molar refractivity (Wildman–Crippen MR) is 103 cm³/mol. The van der Waals surface area contributed by atoms with Gasteiger partial charge in [-0.05, 0) is 54.2 Å². The number of ketones is 1. The zero-order chi connectivity index (χ0) is 23.8. The molecule has 0 heterocycles. The number of carbonyl (C=O) groups is 1. The van der Waals surface area contributed by atoms with E-state index < -0.39 is 23.6 Å². The van der Waals surface area contributed by atoms with Gasteiger partial charge < -0.3 is 5.73 Å². The molecule has 0 aromatic heterocycles. The van der Waals surface area contributed by atoms with Crippen molar-refractivity contribution in [2.45, 2.75) is 58.2 Å². The molecule has 0 radical (unpaired) electrons. The highest BCUT2D eigenvalue weighted by molar-refractivity contribution is 5.98. The molecule has 31 heavy (non-hydrogen) atoms. The van der Waals surface area contributed by atoms with Crippen molar-refractivity contribution in [3.05, 3.63) is 69.3 Å². The lowest BCUT2D eigenvalue weighted by atomic mass is 9.86. The Morgan fingerprint density at radius 3 is 1.90 bits per heavy atom. The van der Waals surface area contributed by atoms with Gasteiger partial charge in [0.1, 0.15) is 0 Å². The first-order valence-electron chi connectivity index (χ1n) is 9.45. The van der Waals surface area contributed by atoms with Crippen molar-refractivity contribution in [1.29, 1.82) is 0 Å². The Morgan fingerprint density at radius 1 is 0.871 bits per heavy atom. The summed E-state index contributed by atoms with van der Waals surface area (Å²) in [6.45, 7) is 4.82. The molecule has 2 N–H and O–H groups in total. The zero-order valence-electron chi connectivity index (χ0n) is 17.1. The fraction of sp³-hybridized carbons (Fsp3) is 0.409. The third-order valence-corrected chi connectivity index (χ3v) is 5.35. The summed E-state index contributed by atoms with van der Waals surface area (Å²) in [6, 6.07) is 5.95. The van der Waals surface area contributed by atoms with Crippen LogP contribution in [0.5, 0.6) is 0 Å². The van der Waals surface area contributed by atoms with Crippen molar-refractivity contribution in [2.75, 3.05) is 0 Å². The third kappa shape index (κ3) is 4.61. The molecule has 2 nitrogen and oxygen atoms in total. The molecule has 2 rings (SSSR count). The van der Waals surface area contributed by atoms with Crippen LogP contribution in [0.1, 0.15) is 50.7 Å². The Kier molecular flexibility index (Phi) is 6.90. The van der Waals surface area contributed by atoms with E-state index >= 15 is 0 Å². The van der Waals surface area contributed by atoms with E-state index in [1.54, 1.807) is 25.1 Å². The number of hydrogen-bond acceptors (Lipinski definition) is 2. The SMILES string of the molecule is CCc1cc(C(F)(C(F)(F)F)C(F)(F)F)cc(C)c1CC(=O)c1ccc(CN)c(C)c1. The molecule has 0 aliphatic heterocycles. The van der Waals surface area contributed by atoms with Crippen molar-refractivity contribution in [2.24, 2.45) is 5.73 Å². The summed E-state index contributed by atoms with van der Waals surface area (Å²) in [5.41, 5.74) is 0.818. The van der Waals surface area contributed by atoms with E-state index in [0.29, 0.717) is 17.7 Å². The minimum Gasteiger partial charge on any atom is -0.326 e. The van der Waals surface area contributed by atoms with Crippen LogP contribution in [0.3, 0.4) is 0 Å². The van der Waals surface area contributed by atoms with E-state index in [4.69, 9.17) is 5.73 Å². The number of aryl methyl sites for hydroxylation is 3. The van der Waals surface area contributed by atoms with Crippen LogP contribution in [0.25, 0.3) is 0 Å². The zero-order valence-corrected chi connectivity index (χ0v) is 17.1. The van der Waals surface area contributed by atoms with Crippen LogP contribution in [0.2, 0.25) is 0 Å². The molecule has 0 atom stereocenters. The van der Waals surface area contributed by atoms with Gasteiger partial charge in [-0.2, -0.15) is 26.3 Å². The van der Waals surface area contributed by atoms with Crippen LogP contribution in [-0.4, -0.2) is 18.1 Å². The molecular formula is C22H22F7NO. The number of nitrogens with two attached hydrogens (primary N) is 1. The number of Topliss-reactive ketones (excluding diaryl/α,β-unsaturated/α-hetero) is 1. The molecule has 2 aromatic rings. The molecule has 0 aliphatic rings. The molecule has 0 amide bonds. The molecule has 0 saturated carbocycles. The van der Waals surface area contributed by atoms with Gasteiger partial charge in [-0.15, -0.1) is 0 Å². The maximum Gasteiger partial charge on any atom is 0.435 e. The molecule has 0 spiro atoms. The number of benzene rings is 2. The first-order valence-corrected chi connectivity index (χ1v) is 9.45. The molecular weight excluding hydrogens is 427 g/mol. The molecule has 0 fully saturated rings. The lowest BCUT2D eigenvalue weighted by molar-refractivity contribution is -0.348. The summed E-state index contributed by atoms with van der Waals surface area (Å²) in [5.74, 6) is -0.365. The molecule has 0 unspecified atom stereocenters. The largest absolute Gasteiger partial charge is 0.435 e. The summed E-state index contributed by atoms with van der Waals surface area (Å²) < 4.78 is 93.2. The molecule has 2 aromatic carbocycles. The first-order chi connectivity index (χ1) is 14.2. The quantitative estimate of drug-likeness (QED) is 0.432. The van der Waals surface area contributed by atoms with Crippen LogP contribution >= 0.6 is 0 Å². The maximum absolute atomic E-state index is 14.5. The highest BCUT2D eigenvalue weighted by atomic mass is 19.4. The van der Waals surface area contributed by atoms with Gasteiger partial charge in [-0.25, -0.2) is 4.39 Å². The van der Waals surface area contributed by atoms with Gasteiger partial charge in [0.2, 0.25) is 0 Å². The normalized spacial score (nSPS) is 12.9. The number of hydrogen-bond donors (Lipinski definition) is 1. The number of halogens is 7. The van der Waals surface area contributed by atoms with Crippen molar-refractivity contribution < 1.29 is 35.5 Å². The van der Waals surface area contributed by atoms with Crippen LogP contribution in [-0.2, 0) is 25.1 Å². The maximum atomic E-state index is 14.5. The van der Waals surface area contributed by atoms with Crippen molar-refractivity contribution in [3.8, 4) is 0 Å². The second kappa shape index (κ2) is 8.61. The third-order valence-electron chi connectivity index (χ3n) is 5.35. The molecule has 0 aliphatic carbocycles. The molecule has 170 valence electrons. The number of alkyl halides is 7. The van der Waals surface area contributed by atoms with E-state index in [1.165, 1.54) is 13.8 Å². The van der Waals surface area contributed by atoms with Gasteiger partial charge in [-0.1, -0.05) is 31.2 Å². The molecule has 9 heteroatoms. The minimum absolute atomic E-state index is 0.0199. The van der Waals surface area contributed by atoms with E-state index in [9.17, 15) is 35.5 Å². The van der Waals surface area contributed by atoms with Crippen molar-refractivity contribution >= 4 is 5.78 Å². The van der Waals surface area contributed by atoms with Crippen LogP contribution in [0.15, 0.2) is 30.3 Å². The van der Waals surface area contributed by atoms with Crippen LogP contribution in [0.4, 0.5) is 30.7 Å². The Bertz CT molecular complexity index is 963. The monoisotopic (exact) mass is 449 g/mol. The number of rotatable bonds is 6. The summed E-state index contributed by atoms with van der Waals surface area (Å²) in [6.07, 6.45) is -12.6. The van der Waals surface area contributed by atoms with Gasteiger partial charge in [0.15, 0.2) is 5.78 Å². The second-order valence-electron chi connectivity index (χ2n) is 7.38.